The van der Waals surface area contributed by atoms with E-state index in [9.17, 15) is 9.59 Å². The zero-order chi connectivity index (χ0) is 15.4. The fourth-order valence-electron chi connectivity index (χ4n) is 2.69. The molecule has 2 rings (SSSR count). The number of rotatable bonds is 3. The van der Waals surface area contributed by atoms with Gasteiger partial charge < -0.3 is 10.2 Å². The minimum Gasteiger partial charge on any atom is -0.342 e. The number of nitrogens with one attached hydrogen (secondary N) is 1. The van der Waals surface area contributed by atoms with E-state index in [-0.39, 0.29) is 18.2 Å². The lowest BCUT2D eigenvalue weighted by molar-refractivity contribution is -0.136. The van der Waals surface area contributed by atoms with Gasteiger partial charge in [0.25, 0.3) is 0 Å². The number of anilines is 1. The number of benzene rings is 1. The van der Waals surface area contributed by atoms with Crippen LogP contribution in [-0.4, -0.2) is 29.8 Å². The molecule has 1 aromatic carbocycles. The Balaban J connectivity index is 1.88. The van der Waals surface area contributed by atoms with Crippen LogP contribution in [0.4, 0.5) is 5.69 Å². The van der Waals surface area contributed by atoms with E-state index in [4.69, 9.17) is 0 Å². The molecule has 0 spiro atoms. The van der Waals surface area contributed by atoms with Crippen molar-refractivity contribution in [2.24, 2.45) is 5.92 Å². The first kappa shape index (κ1) is 15.5. The molecule has 0 radical (unpaired) electrons. The summed E-state index contributed by atoms with van der Waals surface area (Å²) < 4.78 is 0. The van der Waals surface area contributed by atoms with Gasteiger partial charge in [0.15, 0.2) is 0 Å². The third-order valence-corrected chi connectivity index (χ3v) is 4.11. The molecule has 1 aliphatic rings. The Kier molecular flexibility index (Phi) is 4.99. The molecule has 1 aliphatic heterocycles. The lowest BCUT2D eigenvalue weighted by Crippen LogP contribution is -2.40. The fraction of sp³-hybridized carbons (Fsp3) is 0.529. The quantitative estimate of drug-likeness (QED) is 0.869. The molecule has 4 nitrogen and oxygen atoms in total. The van der Waals surface area contributed by atoms with Crippen LogP contribution in [0.1, 0.15) is 37.3 Å². The van der Waals surface area contributed by atoms with Gasteiger partial charge in [-0.15, -0.1) is 0 Å². The predicted octanol–water partition coefficient (Wildman–Crippen LogP) is 2.89. The van der Waals surface area contributed by atoms with Gasteiger partial charge in [-0.2, -0.15) is 0 Å². The van der Waals surface area contributed by atoms with Crippen LogP contribution >= 0.6 is 0 Å². The number of piperidine rings is 1. The smallest absolute Gasteiger partial charge is 0.233 e. The third-order valence-electron chi connectivity index (χ3n) is 4.11. The van der Waals surface area contributed by atoms with Gasteiger partial charge in [-0.3, -0.25) is 9.59 Å². The van der Waals surface area contributed by atoms with Crippen LogP contribution in [0.5, 0.6) is 0 Å². The summed E-state index contributed by atoms with van der Waals surface area (Å²) in [5.74, 6) is 0.231. The van der Waals surface area contributed by atoms with Crippen molar-refractivity contribution in [3.8, 4) is 0 Å². The average Bonchev–Trinajstić information content (AvgIpc) is 2.43. The summed E-state index contributed by atoms with van der Waals surface area (Å²) >= 11 is 0. The number of carbonyl (C=O) groups is 2. The highest BCUT2D eigenvalue weighted by molar-refractivity contribution is 6.03. The largest absolute Gasteiger partial charge is 0.342 e. The zero-order valence-corrected chi connectivity index (χ0v) is 13.1. The van der Waals surface area contributed by atoms with E-state index in [0.29, 0.717) is 5.92 Å². The Morgan fingerprint density at radius 1 is 1.29 bits per heavy atom. The lowest BCUT2D eigenvalue weighted by Gasteiger charge is -2.30. The molecule has 0 saturated carbocycles. The van der Waals surface area contributed by atoms with Crippen LogP contribution in [0.2, 0.25) is 0 Å². The van der Waals surface area contributed by atoms with Crippen LogP contribution < -0.4 is 5.32 Å². The first-order valence-corrected chi connectivity index (χ1v) is 7.60. The molecule has 1 N–H and O–H groups in total. The highest BCUT2D eigenvalue weighted by atomic mass is 16.2. The molecule has 1 atom stereocenters. The van der Waals surface area contributed by atoms with Crippen molar-refractivity contribution in [1.82, 2.24) is 4.90 Å². The molecule has 114 valence electrons. The van der Waals surface area contributed by atoms with Crippen LogP contribution in [0.3, 0.4) is 0 Å². The Morgan fingerprint density at radius 3 is 2.71 bits per heavy atom. The molecular weight excluding hydrogens is 264 g/mol. The molecule has 1 heterocycles. The number of hydrogen-bond donors (Lipinski definition) is 1. The lowest BCUT2D eigenvalue weighted by atomic mass is 10.00. The molecule has 2 amide bonds. The van der Waals surface area contributed by atoms with Crippen LogP contribution in [-0.2, 0) is 9.59 Å². The maximum Gasteiger partial charge on any atom is 0.233 e. The maximum absolute atomic E-state index is 12.1. The topological polar surface area (TPSA) is 49.4 Å². The molecule has 1 aromatic rings. The Bertz CT molecular complexity index is 540. The Hall–Kier alpha value is -1.84. The summed E-state index contributed by atoms with van der Waals surface area (Å²) in [4.78, 5) is 25.9. The molecule has 0 bridgehead atoms. The first-order chi connectivity index (χ1) is 9.95. The monoisotopic (exact) mass is 288 g/mol. The number of hydrogen-bond acceptors (Lipinski definition) is 2. The standard InChI is InChI=1S/C17H24N2O2/c1-12-5-4-8-19(11-12)17(21)10-16(20)18-15-7-6-13(2)14(3)9-15/h6-7,9,12H,4-5,8,10-11H2,1-3H3,(H,18,20). The van der Waals surface area contributed by atoms with Gasteiger partial charge in [0, 0.05) is 18.8 Å². The van der Waals surface area contributed by atoms with E-state index in [0.717, 1.165) is 30.8 Å². The molecule has 0 aliphatic carbocycles. The summed E-state index contributed by atoms with van der Waals surface area (Å²) in [6, 6.07) is 5.77. The van der Waals surface area contributed by atoms with E-state index in [1.165, 1.54) is 12.0 Å². The summed E-state index contributed by atoms with van der Waals surface area (Å²) in [6.45, 7) is 7.73. The third kappa shape index (κ3) is 4.31. The van der Waals surface area contributed by atoms with E-state index in [1.807, 2.05) is 36.9 Å². The van der Waals surface area contributed by atoms with Crippen LogP contribution in [0.15, 0.2) is 18.2 Å². The van der Waals surface area contributed by atoms with Crippen molar-refractivity contribution in [3.05, 3.63) is 29.3 Å². The Labute approximate surface area is 126 Å². The van der Waals surface area contributed by atoms with Crippen LogP contribution in [0, 0.1) is 19.8 Å². The SMILES string of the molecule is Cc1ccc(NC(=O)CC(=O)N2CCCC(C)C2)cc1C. The average molecular weight is 288 g/mol. The van der Waals surface area contributed by atoms with Crippen molar-refractivity contribution in [2.45, 2.75) is 40.0 Å². The normalized spacial score (nSPS) is 18.4. The second-order valence-corrected chi connectivity index (χ2v) is 6.11. The van der Waals surface area contributed by atoms with Gasteiger partial charge in [0.1, 0.15) is 6.42 Å². The van der Waals surface area contributed by atoms with Gasteiger partial charge in [0.2, 0.25) is 11.8 Å². The summed E-state index contributed by atoms with van der Waals surface area (Å²) in [5.41, 5.74) is 3.07. The van der Waals surface area contributed by atoms with Crippen molar-refractivity contribution < 1.29 is 9.59 Å². The number of amides is 2. The van der Waals surface area contributed by atoms with Crippen molar-refractivity contribution in [1.29, 1.82) is 0 Å². The van der Waals surface area contributed by atoms with E-state index >= 15 is 0 Å². The minimum atomic E-state index is -0.235. The van der Waals surface area contributed by atoms with E-state index < -0.39 is 0 Å². The van der Waals surface area contributed by atoms with Gasteiger partial charge in [0.05, 0.1) is 0 Å². The summed E-state index contributed by atoms with van der Waals surface area (Å²) in [6.07, 6.45) is 2.13. The molecule has 1 saturated heterocycles. The maximum atomic E-state index is 12.1. The highest BCUT2D eigenvalue weighted by Gasteiger charge is 2.22. The minimum absolute atomic E-state index is 0.0668. The van der Waals surface area contributed by atoms with Crippen LogP contribution in [0.25, 0.3) is 0 Å². The van der Waals surface area contributed by atoms with Crippen molar-refractivity contribution in [2.75, 3.05) is 18.4 Å². The highest BCUT2D eigenvalue weighted by Crippen LogP contribution is 2.17. The summed E-state index contributed by atoms with van der Waals surface area (Å²) in [5, 5.41) is 2.80. The van der Waals surface area contributed by atoms with Gasteiger partial charge in [-0.25, -0.2) is 0 Å². The van der Waals surface area contributed by atoms with Crippen molar-refractivity contribution >= 4 is 17.5 Å². The van der Waals surface area contributed by atoms with Gasteiger partial charge >= 0.3 is 0 Å². The predicted molar refractivity (Wildman–Crippen MR) is 84.1 cm³/mol. The van der Waals surface area contributed by atoms with Gasteiger partial charge in [-0.05, 0) is 55.9 Å². The zero-order valence-electron chi connectivity index (χ0n) is 13.1. The number of nitrogens with zero attached hydrogens (tertiary/aromatic N) is 1. The fourth-order valence-corrected chi connectivity index (χ4v) is 2.69. The number of aryl methyl sites for hydroxylation is 2. The molecule has 1 fully saturated rings. The first-order valence-electron chi connectivity index (χ1n) is 7.60. The molecule has 0 aromatic heterocycles. The van der Waals surface area contributed by atoms with E-state index in [2.05, 4.69) is 12.2 Å². The number of carbonyl (C=O) groups excluding carboxylic acids is 2. The number of likely N-dealkylation sites (tertiary alicyclic amines) is 1. The van der Waals surface area contributed by atoms with E-state index in [1.54, 1.807) is 0 Å². The summed E-state index contributed by atoms with van der Waals surface area (Å²) in [7, 11) is 0. The molecular formula is C17H24N2O2. The molecule has 21 heavy (non-hydrogen) atoms. The second kappa shape index (κ2) is 6.74. The Morgan fingerprint density at radius 2 is 2.05 bits per heavy atom. The second-order valence-electron chi connectivity index (χ2n) is 6.11. The molecule has 4 heteroatoms. The van der Waals surface area contributed by atoms with Gasteiger partial charge in [-0.1, -0.05) is 13.0 Å². The van der Waals surface area contributed by atoms with Crippen molar-refractivity contribution in [3.63, 3.8) is 0 Å². The molecule has 1 unspecified atom stereocenters.